The Kier molecular flexibility index (Phi) is 5.86. The Hall–Kier alpha value is -1.71. The molecule has 1 aromatic rings. The maximum Gasteiger partial charge on any atom is 0.312 e. The van der Waals surface area contributed by atoms with Gasteiger partial charge in [-0.2, -0.15) is 0 Å². The smallest absolute Gasteiger partial charge is 0.312 e. The summed E-state index contributed by atoms with van der Waals surface area (Å²) in [6, 6.07) is 2.95. The highest BCUT2D eigenvalue weighted by molar-refractivity contribution is 7.89. The number of phenols is 1. The number of benzene rings is 1. The van der Waals surface area contributed by atoms with Crippen LogP contribution in [0.1, 0.15) is 13.3 Å². The highest BCUT2D eigenvalue weighted by Crippen LogP contribution is 2.27. The van der Waals surface area contributed by atoms with Gasteiger partial charge in [0.25, 0.3) is 0 Å². The monoisotopic (exact) mass is 303 g/mol. The summed E-state index contributed by atoms with van der Waals surface area (Å²) in [7, 11) is -3.81. The van der Waals surface area contributed by atoms with E-state index >= 15 is 0 Å². The van der Waals surface area contributed by atoms with Gasteiger partial charge < -0.3 is 10.4 Å². The predicted octanol–water partition coefficient (Wildman–Crippen LogP) is 0.578. The van der Waals surface area contributed by atoms with Crippen LogP contribution in [-0.2, 0) is 10.0 Å². The van der Waals surface area contributed by atoms with Crippen LogP contribution in [0.3, 0.4) is 0 Å². The third-order valence-electron chi connectivity index (χ3n) is 2.53. The fourth-order valence-electron chi connectivity index (χ4n) is 1.50. The standard InChI is InChI=1S/C11H17N3O5S/c1-2-12-6-3-7-13-20(18,19)9-4-5-11(15)10(8-9)14(16)17/h4-5,8,12-13,15H,2-3,6-7H2,1H3. The fraction of sp³-hybridized carbons (Fsp3) is 0.455. The molecule has 3 N–H and O–H groups in total. The summed E-state index contributed by atoms with van der Waals surface area (Å²) < 4.78 is 26.2. The average Bonchev–Trinajstić information content (AvgIpc) is 2.38. The van der Waals surface area contributed by atoms with Gasteiger partial charge >= 0.3 is 5.69 Å². The molecule has 1 aromatic carbocycles. The van der Waals surface area contributed by atoms with Gasteiger partial charge in [0.2, 0.25) is 10.0 Å². The molecule has 0 atom stereocenters. The molecule has 0 heterocycles. The predicted molar refractivity (Wildman–Crippen MR) is 73.1 cm³/mol. The molecule has 0 spiro atoms. The lowest BCUT2D eigenvalue weighted by atomic mass is 10.3. The molecule has 9 heteroatoms. The van der Waals surface area contributed by atoms with Gasteiger partial charge in [-0.15, -0.1) is 0 Å². The first kappa shape index (κ1) is 16.3. The molecule has 112 valence electrons. The summed E-state index contributed by atoms with van der Waals surface area (Å²) in [4.78, 5) is 9.58. The molecular formula is C11H17N3O5S. The zero-order valence-corrected chi connectivity index (χ0v) is 11.8. The van der Waals surface area contributed by atoms with Gasteiger partial charge in [-0.1, -0.05) is 6.92 Å². The second-order valence-electron chi connectivity index (χ2n) is 4.01. The van der Waals surface area contributed by atoms with Crippen LogP contribution in [0.4, 0.5) is 5.69 Å². The van der Waals surface area contributed by atoms with Crippen LogP contribution in [0.15, 0.2) is 23.1 Å². The van der Waals surface area contributed by atoms with Gasteiger partial charge in [0.05, 0.1) is 9.82 Å². The third kappa shape index (κ3) is 4.44. The minimum Gasteiger partial charge on any atom is -0.502 e. The van der Waals surface area contributed by atoms with E-state index in [0.717, 1.165) is 24.7 Å². The van der Waals surface area contributed by atoms with E-state index in [-0.39, 0.29) is 11.4 Å². The Bertz CT molecular complexity index is 573. The van der Waals surface area contributed by atoms with Crippen molar-refractivity contribution in [3.05, 3.63) is 28.3 Å². The number of sulfonamides is 1. The van der Waals surface area contributed by atoms with Crippen LogP contribution in [-0.4, -0.2) is 38.1 Å². The molecule has 0 unspecified atom stereocenters. The van der Waals surface area contributed by atoms with E-state index in [4.69, 9.17) is 0 Å². The van der Waals surface area contributed by atoms with Crippen molar-refractivity contribution in [3.63, 3.8) is 0 Å². The number of nitro groups is 1. The van der Waals surface area contributed by atoms with Crippen molar-refractivity contribution in [2.24, 2.45) is 0 Å². The summed E-state index contributed by atoms with van der Waals surface area (Å²) in [6.45, 7) is 3.65. The molecule has 0 saturated carbocycles. The second kappa shape index (κ2) is 7.17. The Morgan fingerprint density at radius 2 is 2.05 bits per heavy atom. The van der Waals surface area contributed by atoms with Gasteiger partial charge in [-0.05, 0) is 31.6 Å². The fourth-order valence-corrected chi connectivity index (χ4v) is 2.59. The molecule has 0 fully saturated rings. The number of hydrogen-bond acceptors (Lipinski definition) is 6. The SMILES string of the molecule is CCNCCCNS(=O)(=O)c1ccc(O)c([N+](=O)[O-])c1. The van der Waals surface area contributed by atoms with Crippen LogP contribution < -0.4 is 10.0 Å². The summed E-state index contributed by atoms with van der Waals surface area (Å²) in [5, 5.41) is 23.0. The van der Waals surface area contributed by atoms with Crippen molar-refractivity contribution in [1.82, 2.24) is 10.0 Å². The zero-order valence-electron chi connectivity index (χ0n) is 11.0. The maximum atomic E-state index is 11.9. The number of nitrogens with one attached hydrogen (secondary N) is 2. The van der Waals surface area contributed by atoms with Gasteiger partial charge in [0.15, 0.2) is 5.75 Å². The molecule has 8 nitrogen and oxygen atoms in total. The Morgan fingerprint density at radius 1 is 1.35 bits per heavy atom. The molecular weight excluding hydrogens is 286 g/mol. The van der Waals surface area contributed by atoms with Crippen molar-refractivity contribution in [3.8, 4) is 5.75 Å². The first-order valence-corrected chi connectivity index (χ1v) is 7.54. The lowest BCUT2D eigenvalue weighted by Crippen LogP contribution is -2.27. The maximum absolute atomic E-state index is 11.9. The van der Waals surface area contributed by atoms with Crippen molar-refractivity contribution in [2.45, 2.75) is 18.2 Å². The van der Waals surface area contributed by atoms with E-state index in [9.17, 15) is 23.6 Å². The third-order valence-corrected chi connectivity index (χ3v) is 3.98. The Balaban J connectivity index is 2.77. The molecule has 0 aliphatic rings. The van der Waals surface area contributed by atoms with Gasteiger partial charge in [-0.3, -0.25) is 10.1 Å². The van der Waals surface area contributed by atoms with E-state index in [1.165, 1.54) is 0 Å². The normalized spacial score (nSPS) is 11.4. The molecule has 0 radical (unpaired) electrons. The van der Waals surface area contributed by atoms with E-state index in [1.54, 1.807) is 0 Å². The molecule has 20 heavy (non-hydrogen) atoms. The Morgan fingerprint density at radius 3 is 2.65 bits per heavy atom. The van der Waals surface area contributed by atoms with E-state index < -0.39 is 26.4 Å². The summed E-state index contributed by atoms with van der Waals surface area (Å²) >= 11 is 0. The molecule has 0 aliphatic heterocycles. The van der Waals surface area contributed by atoms with Crippen molar-refractivity contribution >= 4 is 15.7 Å². The molecule has 0 aliphatic carbocycles. The highest BCUT2D eigenvalue weighted by atomic mass is 32.2. The lowest BCUT2D eigenvalue weighted by Gasteiger charge is -2.07. The van der Waals surface area contributed by atoms with Crippen LogP contribution in [0, 0.1) is 10.1 Å². The topological polar surface area (TPSA) is 122 Å². The molecule has 0 aromatic heterocycles. The largest absolute Gasteiger partial charge is 0.502 e. The average molecular weight is 303 g/mol. The van der Waals surface area contributed by atoms with Crippen LogP contribution in [0.5, 0.6) is 5.75 Å². The number of rotatable bonds is 8. The molecule has 0 bridgehead atoms. The van der Waals surface area contributed by atoms with Gasteiger partial charge in [0, 0.05) is 12.6 Å². The number of nitro benzene ring substituents is 1. The summed E-state index contributed by atoms with van der Waals surface area (Å²) in [5.74, 6) is -0.568. The minimum atomic E-state index is -3.81. The minimum absolute atomic E-state index is 0.226. The zero-order chi connectivity index (χ0) is 15.2. The van der Waals surface area contributed by atoms with Crippen LogP contribution >= 0.6 is 0 Å². The first-order chi connectivity index (χ1) is 9.38. The molecule has 0 saturated heterocycles. The number of phenolic OH excluding ortho intramolecular Hbond substituents is 1. The summed E-state index contributed by atoms with van der Waals surface area (Å²) in [5.41, 5.74) is -0.638. The number of aromatic hydroxyl groups is 1. The number of nitrogens with zero attached hydrogens (tertiary/aromatic N) is 1. The lowest BCUT2D eigenvalue weighted by molar-refractivity contribution is -0.386. The van der Waals surface area contributed by atoms with Crippen molar-refractivity contribution < 1.29 is 18.4 Å². The van der Waals surface area contributed by atoms with Gasteiger partial charge in [-0.25, -0.2) is 13.1 Å². The quantitative estimate of drug-likeness (QED) is 0.367. The Labute approximate surface area is 117 Å². The van der Waals surface area contributed by atoms with Crippen molar-refractivity contribution in [1.29, 1.82) is 0 Å². The van der Waals surface area contributed by atoms with Crippen LogP contribution in [0.25, 0.3) is 0 Å². The first-order valence-electron chi connectivity index (χ1n) is 6.06. The van der Waals surface area contributed by atoms with Crippen molar-refractivity contribution in [2.75, 3.05) is 19.6 Å². The number of hydrogen-bond donors (Lipinski definition) is 3. The molecule has 1 rings (SSSR count). The van der Waals surface area contributed by atoms with E-state index in [1.807, 2.05) is 6.92 Å². The van der Waals surface area contributed by atoms with E-state index in [2.05, 4.69) is 10.0 Å². The van der Waals surface area contributed by atoms with Crippen LogP contribution in [0.2, 0.25) is 0 Å². The summed E-state index contributed by atoms with van der Waals surface area (Å²) in [6.07, 6.45) is 0.604. The highest BCUT2D eigenvalue weighted by Gasteiger charge is 2.20. The van der Waals surface area contributed by atoms with Gasteiger partial charge in [0.1, 0.15) is 0 Å². The molecule has 0 amide bonds. The second-order valence-corrected chi connectivity index (χ2v) is 5.78. The van der Waals surface area contributed by atoms with E-state index in [0.29, 0.717) is 13.0 Å².